The van der Waals surface area contributed by atoms with E-state index in [1.807, 2.05) is 18.2 Å². The molecule has 1 aliphatic heterocycles. The first-order valence-corrected chi connectivity index (χ1v) is 17.5. The smallest absolute Gasteiger partial charge is 0.0998 e. The molecule has 8 rings (SSSR count). The van der Waals surface area contributed by atoms with Crippen molar-refractivity contribution in [1.29, 1.82) is 5.26 Å². The van der Waals surface area contributed by atoms with Crippen LogP contribution in [0.2, 0.25) is 0 Å². The fourth-order valence-electron chi connectivity index (χ4n) is 6.59. The van der Waals surface area contributed by atoms with Crippen molar-refractivity contribution in [2.75, 3.05) is 4.90 Å². The molecule has 0 amide bonds. The quantitative estimate of drug-likeness (QED) is 0.126. The van der Waals surface area contributed by atoms with E-state index in [1.165, 1.54) is 15.4 Å². The van der Waals surface area contributed by atoms with Crippen LogP contribution >= 0.6 is 11.8 Å². The van der Waals surface area contributed by atoms with Crippen molar-refractivity contribution in [3.8, 4) is 6.07 Å². The first-order valence-electron chi connectivity index (χ1n) is 16.7. The van der Waals surface area contributed by atoms with E-state index >= 15 is 0 Å². The molecule has 3 heteroatoms. The van der Waals surface area contributed by atoms with Gasteiger partial charge in [0, 0.05) is 15.5 Å². The maximum atomic E-state index is 10.3. The molecule has 50 heavy (non-hydrogen) atoms. The summed E-state index contributed by atoms with van der Waals surface area (Å²) in [4.78, 5) is 4.75. The summed E-state index contributed by atoms with van der Waals surface area (Å²) >= 11 is 1.80. The Morgan fingerprint density at radius 1 is 0.440 bits per heavy atom. The van der Waals surface area contributed by atoms with Crippen LogP contribution in [0.5, 0.6) is 0 Å². The molecule has 0 unspecified atom stereocenters. The van der Waals surface area contributed by atoms with E-state index in [0.29, 0.717) is 5.57 Å². The lowest BCUT2D eigenvalue weighted by atomic mass is 9.85. The number of rotatable bonds is 7. The molecule has 0 saturated carbocycles. The van der Waals surface area contributed by atoms with Gasteiger partial charge in [-0.05, 0) is 87.0 Å². The van der Waals surface area contributed by atoms with Crippen molar-refractivity contribution in [2.24, 2.45) is 0 Å². The lowest BCUT2D eigenvalue weighted by molar-refractivity contribution is 1.17. The Balaban J connectivity index is 1.15. The van der Waals surface area contributed by atoms with Crippen LogP contribution in [0.1, 0.15) is 33.4 Å². The lowest BCUT2D eigenvalue weighted by Gasteiger charge is -2.32. The molecular formula is C47H32N2S. The van der Waals surface area contributed by atoms with Gasteiger partial charge in [-0.2, -0.15) is 5.26 Å². The third kappa shape index (κ3) is 6.17. The highest BCUT2D eigenvalue weighted by atomic mass is 32.2. The van der Waals surface area contributed by atoms with Crippen LogP contribution < -0.4 is 4.90 Å². The van der Waals surface area contributed by atoms with Crippen LogP contribution in [0, 0.1) is 11.3 Å². The predicted octanol–water partition coefficient (Wildman–Crippen LogP) is 12.7. The van der Waals surface area contributed by atoms with Gasteiger partial charge in [0.1, 0.15) is 0 Å². The van der Waals surface area contributed by atoms with Crippen molar-refractivity contribution >= 4 is 51.6 Å². The Morgan fingerprint density at radius 3 is 1.30 bits per heavy atom. The summed E-state index contributed by atoms with van der Waals surface area (Å²) in [7, 11) is 0. The van der Waals surface area contributed by atoms with Crippen LogP contribution in [-0.2, 0) is 0 Å². The van der Waals surface area contributed by atoms with Gasteiger partial charge < -0.3 is 4.90 Å². The standard InChI is InChI=1S/C47H32N2S/c48-33-40(35-28-30-41(31-29-35)49-42-20-10-12-22-44(42)50-45-23-13-11-21-43(45)49)32-34-24-26-39(27-25-34)47(38-18-8-3-9-19-38)46(36-14-4-1-5-15-36)37-16-6-2-7-17-37/h1-32H/b40-32+. The molecule has 236 valence electrons. The van der Waals surface area contributed by atoms with Crippen LogP contribution in [0.3, 0.4) is 0 Å². The molecule has 0 aromatic heterocycles. The van der Waals surface area contributed by atoms with Crippen LogP contribution in [0.4, 0.5) is 17.1 Å². The van der Waals surface area contributed by atoms with Gasteiger partial charge >= 0.3 is 0 Å². The lowest BCUT2D eigenvalue weighted by Crippen LogP contribution is -2.14. The molecule has 0 N–H and O–H groups in total. The molecule has 0 radical (unpaired) electrons. The summed E-state index contributed by atoms with van der Waals surface area (Å²) in [5.41, 5.74) is 12.8. The topological polar surface area (TPSA) is 27.0 Å². The van der Waals surface area contributed by atoms with Crippen molar-refractivity contribution < 1.29 is 0 Å². The molecule has 2 nitrogen and oxygen atoms in total. The Morgan fingerprint density at radius 2 is 0.840 bits per heavy atom. The Bertz CT molecular complexity index is 2280. The molecule has 0 saturated heterocycles. The second kappa shape index (κ2) is 14.0. The van der Waals surface area contributed by atoms with Crippen LogP contribution in [-0.4, -0.2) is 0 Å². The number of anilines is 3. The molecule has 0 fully saturated rings. The van der Waals surface area contributed by atoms with E-state index in [1.54, 1.807) is 11.8 Å². The predicted molar refractivity (Wildman–Crippen MR) is 210 cm³/mol. The summed E-state index contributed by atoms with van der Waals surface area (Å²) in [6, 6.07) is 68.1. The van der Waals surface area contributed by atoms with Crippen molar-refractivity contribution in [2.45, 2.75) is 9.79 Å². The number of nitriles is 1. The van der Waals surface area contributed by atoms with E-state index in [-0.39, 0.29) is 0 Å². The zero-order valence-corrected chi connectivity index (χ0v) is 28.1. The third-order valence-corrected chi connectivity index (χ3v) is 10.1. The van der Waals surface area contributed by atoms with E-state index < -0.39 is 0 Å². The maximum Gasteiger partial charge on any atom is 0.0998 e. The number of para-hydroxylation sites is 2. The summed E-state index contributed by atoms with van der Waals surface area (Å²) in [6.45, 7) is 0. The van der Waals surface area contributed by atoms with Crippen LogP contribution in [0.25, 0.3) is 22.8 Å². The average molecular weight is 657 g/mol. The molecule has 0 atom stereocenters. The third-order valence-electron chi connectivity index (χ3n) is 8.94. The highest BCUT2D eigenvalue weighted by Gasteiger charge is 2.24. The molecule has 7 aromatic carbocycles. The van der Waals surface area contributed by atoms with E-state index in [9.17, 15) is 5.26 Å². The molecule has 1 aliphatic rings. The Kier molecular flexibility index (Phi) is 8.68. The summed E-state index contributed by atoms with van der Waals surface area (Å²) in [5, 5.41) is 10.3. The largest absolute Gasteiger partial charge is 0.308 e. The monoisotopic (exact) mass is 656 g/mol. The number of hydrogen-bond donors (Lipinski definition) is 0. The Labute approximate surface area is 297 Å². The zero-order valence-electron chi connectivity index (χ0n) is 27.3. The van der Waals surface area contributed by atoms with Gasteiger partial charge in [0.15, 0.2) is 0 Å². The van der Waals surface area contributed by atoms with Gasteiger partial charge in [-0.3, -0.25) is 0 Å². The molecule has 0 aliphatic carbocycles. The minimum Gasteiger partial charge on any atom is -0.308 e. The SMILES string of the molecule is N#C/C(=C\c1ccc(C(=C(c2ccccc2)c2ccccc2)c2ccccc2)cc1)c1ccc(N2c3ccccc3Sc3ccccc32)cc1. The molecule has 1 heterocycles. The fraction of sp³-hybridized carbons (Fsp3) is 0. The second-order valence-corrected chi connectivity index (χ2v) is 13.1. The molecule has 7 aromatic rings. The maximum absolute atomic E-state index is 10.3. The number of fused-ring (bicyclic) bond motifs is 2. The normalized spacial score (nSPS) is 12.0. The van der Waals surface area contributed by atoms with Crippen molar-refractivity contribution in [3.63, 3.8) is 0 Å². The van der Waals surface area contributed by atoms with Gasteiger partial charge in [-0.25, -0.2) is 0 Å². The minimum atomic E-state index is 0.618. The highest BCUT2D eigenvalue weighted by molar-refractivity contribution is 7.99. The first kappa shape index (κ1) is 31.0. The van der Waals surface area contributed by atoms with Gasteiger partial charge in [-0.15, -0.1) is 0 Å². The number of allylic oxidation sites excluding steroid dienone is 1. The minimum absolute atomic E-state index is 0.618. The van der Waals surface area contributed by atoms with Crippen molar-refractivity contribution in [1.82, 2.24) is 0 Å². The second-order valence-electron chi connectivity index (χ2n) is 12.1. The summed E-state index contributed by atoms with van der Waals surface area (Å²) in [6.07, 6.45) is 1.97. The van der Waals surface area contributed by atoms with Crippen LogP contribution in [0.15, 0.2) is 198 Å². The molecule has 0 spiro atoms. The zero-order chi connectivity index (χ0) is 33.7. The van der Waals surface area contributed by atoms with Crippen molar-refractivity contribution in [3.05, 3.63) is 221 Å². The molecule has 0 bridgehead atoms. The van der Waals surface area contributed by atoms with Gasteiger partial charge in [-0.1, -0.05) is 163 Å². The van der Waals surface area contributed by atoms with Gasteiger partial charge in [0.2, 0.25) is 0 Å². The molecular weight excluding hydrogens is 625 g/mol. The fourth-order valence-corrected chi connectivity index (χ4v) is 7.65. The number of nitrogens with zero attached hydrogens (tertiary/aromatic N) is 2. The van der Waals surface area contributed by atoms with E-state index in [2.05, 4.69) is 187 Å². The highest BCUT2D eigenvalue weighted by Crippen LogP contribution is 2.51. The summed E-state index contributed by atoms with van der Waals surface area (Å²) in [5.74, 6) is 0. The van der Waals surface area contributed by atoms with Gasteiger partial charge in [0.25, 0.3) is 0 Å². The van der Waals surface area contributed by atoms with Gasteiger partial charge in [0.05, 0.1) is 23.0 Å². The average Bonchev–Trinajstić information content (AvgIpc) is 3.19. The first-order chi connectivity index (χ1) is 24.8. The van der Waals surface area contributed by atoms with E-state index in [4.69, 9.17) is 0 Å². The number of hydrogen-bond acceptors (Lipinski definition) is 3. The van der Waals surface area contributed by atoms with E-state index in [0.717, 1.165) is 56.0 Å². The summed E-state index contributed by atoms with van der Waals surface area (Å²) < 4.78 is 0. The number of benzene rings is 7. The Hall–Kier alpha value is -6.34.